The van der Waals surface area contributed by atoms with Gasteiger partial charge in [-0.15, -0.1) is 16.4 Å². The maximum Gasteiger partial charge on any atom is 0.435 e. The molecule has 0 unspecified atom stereocenters. The second-order valence-electron chi connectivity index (χ2n) is 8.97. The van der Waals surface area contributed by atoms with Crippen LogP contribution in [0.4, 0.5) is 18.3 Å². The summed E-state index contributed by atoms with van der Waals surface area (Å²) in [5, 5.41) is 10.3. The number of halogens is 3. The molecule has 192 valence electrons. The number of rotatable bonds is 7. The third-order valence-electron chi connectivity index (χ3n) is 5.72. The van der Waals surface area contributed by atoms with Crippen molar-refractivity contribution in [1.29, 1.82) is 0 Å². The number of hydrogen-bond donors (Lipinski definition) is 1. The van der Waals surface area contributed by atoms with E-state index in [9.17, 15) is 26.4 Å². The molecule has 0 saturated carbocycles. The van der Waals surface area contributed by atoms with Gasteiger partial charge in [-0.1, -0.05) is 26.0 Å². The molecule has 8 nitrogen and oxygen atoms in total. The Kier molecular flexibility index (Phi) is 7.17. The summed E-state index contributed by atoms with van der Waals surface area (Å²) in [4.78, 5) is 20.4. The van der Waals surface area contributed by atoms with Gasteiger partial charge in [-0.3, -0.25) is 9.69 Å². The van der Waals surface area contributed by atoms with Crippen LogP contribution in [0.15, 0.2) is 41.3 Å². The molecule has 0 spiro atoms. The standard InChI is InChI=1S/C23H24F3N5O3S2/c1-13(2)21-20-17(12-31(21)11-15-6-9-18(30-29-15)23(24,25)26)35-22(28-20)27-19(32)10-14-4-7-16(8-5-14)36(3,33)34/h4-9,13,21H,10-12H2,1-3H3,(H,27,28,32)/t21-/m0/s1. The summed E-state index contributed by atoms with van der Waals surface area (Å²) < 4.78 is 61.5. The number of carbonyl (C=O) groups is 1. The minimum Gasteiger partial charge on any atom is -0.302 e. The van der Waals surface area contributed by atoms with Gasteiger partial charge in [0.25, 0.3) is 0 Å². The van der Waals surface area contributed by atoms with E-state index in [1.807, 2.05) is 13.8 Å². The van der Waals surface area contributed by atoms with Gasteiger partial charge in [0.2, 0.25) is 5.91 Å². The van der Waals surface area contributed by atoms with Crippen molar-refractivity contribution in [3.8, 4) is 0 Å². The summed E-state index contributed by atoms with van der Waals surface area (Å²) in [5.41, 5.74) is 0.912. The number of hydrogen-bond acceptors (Lipinski definition) is 8. The average Bonchev–Trinajstić information content (AvgIpc) is 3.29. The first-order chi connectivity index (χ1) is 16.8. The van der Waals surface area contributed by atoms with E-state index < -0.39 is 21.7 Å². The van der Waals surface area contributed by atoms with Crippen molar-refractivity contribution >= 4 is 32.2 Å². The smallest absolute Gasteiger partial charge is 0.302 e. The van der Waals surface area contributed by atoms with E-state index >= 15 is 0 Å². The molecule has 0 aliphatic carbocycles. The van der Waals surface area contributed by atoms with Crippen LogP contribution in [0, 0.1) is 5.92 Å². The lowest BCUT2D eigenvalue weighted by Gasteiger charge is -2.27. The van der Waals surface area contributed by atoms with Crippen LogP contribution < -0.4 is 5.32 Å². The zero-order chi connectivity index (χ0) is 26.3. The lowest BCUT2D eigenvalue weighted by molar-refractivity contribution is -0.141. The Hall–Kier alpha value is -2.90. The van der Waals surface area contributed by atoms with Gasteiger partial charge in [0.05, 0.1) is 28.7 Å². The van der Waals surface area contributed by atoms with Crippen LogP contribution in [0.5, 0.6) is 0 Å². The normalized spacial score (nSPS) is 16.4. The van der Waals surface area contributed by atoms with Crippen LogP contribution in [0.25, 0.3) is 0 Å². The third kappa shape index (κ3) is 5.90. The Morgan fingerprint density at radius 2 is 1.86 bits per heavy atom. The van der Waals surface area contributed by atoms with Crippen LogP contribution in [0.2, 0.25) is 0 Å². The quantitative estimate of drug-likeness (QED) is 0.479. The monoisotopic (exact) mass is 539 g/mol. The molecule has 36 heavy (non-hydrogen) atoms. The Bertz CT molecular complexity index is 1360. The number of thiazole rings is 1. The SMILES string of the molecule is CC(C)[C@H]1c2nc(NC(=O)Cc3ccc(S(C)(=O)=O)cc3)sc2CN1Cc1ccc(C(F)(F)F)nn1. The van der Waals surface area contributed by atoms with Crippen molar-refractivity contribution < 1.29 is 26.4 Å². The van der Waals surface area contributed by atoms with E-state index in [4.69, 9.17) is 0 Å². The molecule has 2 aromatic heterocycles. The molecule has 1 amide bonds. The van der Waals surface area contributed by atoms with Gasteiger partial charge >= 0.3 is 6.18 Å². The van der Waals surface area contributed by atoms with Gasteiger partial charge in [-0.25, -0.2) is 13.4 Å². The van der Waals surface area contributed by atoms with E-state index in [-0.39, 0.29) is 29.2 Å². The first-order valence-corrected chi connectivity index (χ1v) is 13.7. The van der Waals surface area contributed by atoms with Crippen LogP contribution in [-0.4, -0.2) is 40.7 Å². The maximum absolute atomic E-state index is 12.8. The number of nitrogens with zero attached hydrogens (tertiary/aromatic N) is 4. The summed E-state index contributed by atoms with van der Waals surface area (Å²) in [6.45, 7) is 4.91. The minimum atomic E-state index is -4.53. The highest BCUT2D eigenvalue weighted by Crippen LogP contribution is 2.43. The number of benzene rings is 1. The number of sulfone groups is 1. The lowest BCUT2D eigenvalue weighted by atomic mass is 10.0. The number of aromatic nitrogens is 3. The summed E-state index contributed by atoms with van der Waals surface area (Å²) in [6.07, 6.45) is -3.34. The highest BCUT2D eigenvalue weighted by molar-refractivity contribution is 7.90. The molecule has 3 aromatic rings. The second kappa shape index (κ2) is 9.87. The first-order valence-electron chi connectivity index (χ1n) is 11.0. The number of amides is 1. The van der Waals surface area contributed by atoms with Crippen LogP contribution >= 0.6 is 11.3 Å². The zero-order valence-electron chi connectivity index (χ0n) is 19.7. The number of alkyl halides is 3. The molecule has 3 heterocycles. The molecule has 1 N–H and O–H groups in total. The summed E-state index contributed by atoms with van der Waals surface area (Å²) in [5.74, 6) is -0.111. The van der Waals surface area contributed by atoms with Gasteiger partial charge in [-0.05, 0) is 35.7 Å². The van der Waals surface area contributed by atoms with Crippen LogP contribution in [0.1, 0.15) is 47.4 Å². The molecule has 1 aliphatic heterocycles. The molecule has 1 atom stereocenters. The predicted octanol–water partition coefficient (Wildman–Crippen LogP) is 4.25. The first kappa shape index (κ1) is 26.2. The Morgan fingerprint density at radius 1 is 1.17 bits per heavy atom. The van der Waals surface area contributed by atoms with Crippen molar-refractivity contribution in [1.82, 2.24) is 20.1 Å². The molecular weight excluding hydrogens is 515 g/mol. The molecular formula is C23H24F3N5O3S2. The van der Waals surface area contributed by atoms with Crippen molar-refractivity contribution in [2.45, 2.75) is 50.5 Å². The fourth-order valence-electron chi connectivity index (χ4n) is 4.12. The zero-order valence-corrected chi connectivity index (χ0v) is 21.3. The Morgan fingerprint density at radius 3 is 2.42 bits per heavy atom. The minimum absolute atomic E-state index is 0.0701. The third-order valence-corrected chi connectivity index (χ3v) is 7.82. The van der Waals surface area contributed by atoms with E-state index in [0.717, 1.165) is 22.9 Å². The average molecular weight is 540 g/mol. The molecule has 0 saturated heterocycles. The molecule has 4 rings (SSSR count). The van der Waals surface area contributed by atoms with E-state index in [0.29, 0.717) is 29.5 Å². The van der Waals surface area contributed by atoms with Crippen LogP contribution in [0.3, 0.4) is 0 Å². The number of carbonyl (C=O) groups excluding carboxylic acids is 1. The lowest BCUT2D eigenvalue weighted by Crippen LogP contribution is -2.27. The van der Waals surface area contributed by atoms with Crippen molar-refractivity contribution in [2.24, 2.45) is 5.92 Å². The largest absolute Gasteiger partial charge is 0.435 e. The molecule has 1 aromatic carbocycles. The van der Waals surface area contributed by atoms with Gasteiger partial charge in [-0.2, -0.15) is 18.3 Å². The molecule has 0 fully saturated rings. The Labute approximate surface area is 210 Å². The highest BCUT2D eigenvalue weighted by Gasteiger charge is 2.37. The van der Waals surface area contributed by atoms with Gasteiger partial charge in [0, 0.05) is 24.2 Å². The summed E-state index contributed by atoms with van der Waals surface area (Å²) >= 11 is 1.36. The van der Waals surface area contributed by atoms with Crippen molar-refractivity contribution in [3.05, 3.63) is 63.9 Å². The fourth-order valence-corrected chi connectivity index (χ4v) is 5.79. The number of fused-ring (bicyclic) bond motifs is 1. The highest BCUT2D eigenvalue weighted by atomic mass is 32.2. The van der Waals surface area contributed by atoms with Gasteiger partial charge < -0.3 is 5.32 Å². The predicted molar refractivity (Wildman–Crippen MR) is 128 cm³/mol. The molecule has 13 heteroatoms. The molecule has 0 radical (unpaired) electrons. The number of anilines is 1. The summed E-state index contributed by atoms with van der Waals surface area (Å²) in [6, 6.07) is 8.33. The molecule has 0 bridgehead atoms. The summed E-state index contributed by atoms with van der Waals surface area (Å²) in [7, 11) is -3.31. The van der Waals surface area contributed by atoms with Gasteiger partial charge in [0.1, 0.15) is 0 Å². The van der Waals surface area contributed by atoms with E-state index in [1.54, 1.807) is 12.1 Å². The Balaban J connectivity index is 1.42. The maximum atomic E-state index is 12.8. The second-order valence-corrected chi connectivity index (χ2v) is 12.1. The fraction of sp³-hybridized carbons (Fsp3) is 0.391. The van der Waals surface area contributed by atoms with Crippen molar-refractivity contribution in [2.75, 3.05) is 11.6 Å². The van der Waals surface area contributed by atoms with Crippen LogP contribution in [-0.2, 0) is 40.3 Å². The topological polar surface area (TPSA) is 105 Å². The van der Waals surface area contributed by atoms with E-state index in [2.05, 4.69) is 25.4 Å². The molecule has 1 aliphatic rings. The van der Waals surface area contributed by atoms with Gasteiger partial charge in [0.15, 0.2) is 20.7 Å². The van der Waals surface area contributed by atoms with E-state index in [1.165, 1.54) is 29.5 Å². The van der Waals surface area contributed by atoms with Crippen molar-refractivity contribution in [3.63, 3.8) is 0 Å². The number of nitrogens with one attached hydrogen (secondary N) is 1.